The normalized spacial score (nSPS) is 19.5. The minimum absolute atomic E-state index is 0.0813. The van der Waals surface area contributed by atoms with Gasteiger partial charge in [0.1, 0.15) is 5.75 Å². The van der Waals surface area contributed by atoms with Crippen molar-refractivity contribution in [3.8, 4) is 5.75 Å². The fourth-order valence-corrected chi connectivity index (χ4v) is 3.23. The van der Waals surface area contributed by atoms with E-state index in [4.69, 9.17) is 16.2 Å². The number of ketones is 1. The summed E-state index contributed by atoms with van der Waals surface area (Å²) in [6, 6.07) is 5.46. The molecule has 1 atom stereocenters. The van der Waals surface area contributed by atoms with Gasteiger partial charge in [0.2, 0.25) is 5.91 Å². The third kappa shape index (κ3) is 4.03. The molecule has 136 valence electrons. The zero-order valence-electron chi connectivity index (χ0n) is 15.1. The predicted octanol–water partition coefficient (Wildman–Crippen LogP) is 2.76. The van der Waals surface area contributed by atoms with Crippen molar-refractivity contribution in [1.29, 1.82) is 0 Å². The van der Waals surface area contributed by atoms with E-state index in [9.17, 15) is 9.59 Å². The van der Waals surface area contributed by atoms with Crippen LogP contribution in [0.3, 0.4) is 0 Å². The van der Waals surface area contributed by atoms with Gasteiger partial charge < -0.3 is 16.2 Å². The third-order valence-electron chi connectivity index (χ3n) is 5.04. The van der Waals surface area contributed by atoms with Gasteiger partial charge in [-0.2, -0.15) is 0 Å². The van der Waals surface area contributed by atoms with E-state index >= 15 is 0 Å². The summed E-state index contributed by atoms with van der Waals surface area (Å²) in [5, 5.41) is 0. The van der Waals surface area contributed by atoms with Crippen LogP contribution in [0.25, 0.3) is 0 Å². The molecule has 1 aromatic rings. The highest BCUT2D eigenvalue weighted by Crippen LogP contribution is 2.45. The van der Waals surface area contributed by atoms with Gasteiger partial charge >= 0.3 is 0 Å². The van der Waals surface area contributed by atoms with Gasteiger partial charge in [-0.25, -0.2) is 0 Å². The highest BCUT2D eigenvalue weighted by Gasteiger charge is 2.41. The number of benzene rings is 1. The van der Waals surface area contributed by atoms with Crippen LogP contribution < -0.4 is 16.2 Å². The standard InChI is InChI=1S/C20H28N2O3/c1-12(2)10-20(22,19(21)24)18(23)15-7-8-16(14-5-6-14)17(9-15)25-11-13-3-4-13/h7-9,12-14H,3-6,10-11,22H2,1-2H3,(H2,21,24)/t20-/m1/s1. The summed E-state index contributed by atoms with van der Waals surface area (Å²) in [7, 11) is 0. The van der Waals surface area contributed by atoms with E-state index in [-0.39, 0.29) is 12.3 Å². The number of hydrogen-bond donors (Lipinski definition) is 2. The number of Topliss-reactive ketones (excluding diaryl/α,β-unsaturated/α-hetero) is 1. The molecule has 2 aliphatic rings. The Morgan fingerprint density at radius 2 is 1.92 bits per heavy atom. The van der Waals surface area contributed by atoms with Crippen LogP contribution in [0.5, 0.6) is 5.75 Å². The van der Waals surface area contributed by atoms with Crippen molar-refractivity contribution in [3.05, 3.63) is 29.3 Å². The van der Waals surface area contributed by atoms with E-state index in [1.165, 1.54) is 12.8 Å². The molecule has 0 bridgehead atoms. The van der Waals surface area contributed by atoms with Gasteiger partial charge in [-0.15, -0.1) is 0 Å². The number of amides is 1. The van der Waals surface area contributed by atoms with Crippen LogP contribution >= 0.6 is 0 Å². The molecule has 0 saturated heterocycles. The molecule has 1 aromatic carbocycles. The summed E-state index contributed by atoms with van der Waals surface area (Å²) in [5.41, 5.74) is 11.5. The van der Waals surface area contributed by atoms with Crippen molar-refractivity contribution in [3.63, 3.8) is 0 Å². The van der Waals surface area contributed by atoms with Crippen LogP contribution in [-0.4, -0.2) is 23.8 Å². The van der Waals surface area contributed by atoms with Crippen molar-refractivity contribution < 1.29 is 14.3 Å². The Morgan fingerprint density at radius 1 is 1.24 bits per heavy atom. The highest BCUT2D eigenvalue weighted by atomic mass is 16.5. The molecule has 2 aliphatic carbocycles. The van der Waals surface area contributed by atoms with E-state index < -0.39 is 17.2 Å². The van der Waals surface area contributed by atoms with Crippen molar-refractivity contribution in [2.75, 3.05) is 6.61 Å². The summed E-state index contributed by atoms with van der Waals surface area (Å²) in [5.74, 6) is 0.791. The summed E-state index contributed by atoms with van der Waals surface area (Å²) in [6.07, 6.45) is 4.95. The Bertz CT molecular complexity index is 678. The predicted molar refractivity (Wildman–Crippen MR) is 96.5 cm³/mol. The number of rotatable bonds is 9. The van der Waals surface area contributed by atoms with Gasteiger partial charge in [-0.3, -0.25) is 9.59 Å². The molecule has 5 heteroatoms. The maximum atomic E-state index is 13.0. The van der Waals surface area contributed by atoms with Crippen LogP contribution in [0.4, 0.5) is 0 Å². The van der Waals surface area contributed by atoms with Crippen LogP contribution in [0.15, 0.2) is 18.2 Å². The molecule has 0 aromatic heterocycles. The maximum absolute atomic E-state index is 13.0. The second-order valence-corrected chi connectivity index (χ2v) is 8.04. The second kappa shape index (κ2) is 6.79. The quantitative estimate of drug-likeness (QED) is 0.532. The molecule has 1 amide bonds. The van der Waals surface area contributed by atoms with E-state index in [2.05, 4.69) is 0 Å². The number of carbonyl (C=O) groups is 2. The first kappa shape index (κ1) is 17.9. The Morgan fingerprint density at radius 3 is 2.44 bits per heavy atom. The molecule has 0 unspecified atom stereocenters. The molecule has 0 radical (unpaired) electrons. The van der Waals surface area contributed by atoms with Crippen molar-refractivity contribution in [1.82, 2.24) is 0 Å². The number of hydrogen-bond acceptors (Lipinski definition) is 4. The minimum Gasteiger partial charge on any atom is -0.493 e. The number of nitrogens with two attached hydrogens (primary N) is 2. The molecule has 5 nitrogen and oxygen atoms in total. The Kier molecular flexibility index (Phi) is 4.87. The van der Waals surface area contributed by atoms with Gasteiger partial charge in [0, 0.05) is 5.56 Å². The van der Waals surface area contributed by atoms with Crippen molar-refractivity contribution in [2.24, 2.45) is 23.3 Å². The van der Waals surface area contributed by atoms with Gasteiger partial charge in [0.15, 0.2) is 11.3 Å². The molecule has 25 heavy (non-hydrogen) atoms. The fraction of sp³-hybridized carbons (Fsp3) is 0.600. The zero-order valence-corrected chi connectivity index (χ0v) is 15.1. The number of primary amides is 1. The molecular formula is C20H28N2O3. The lowest BCUT2D eigenvalue weighted by Crippen LogP contribution is -2.58. The molecule has 4 N–H and O–H groups in total. The van der Waals surface area contributed by atoms with Gasteiger partial charge in [0.25, 0.3) is 0 Å². The largest absolute Gasteiger partial charge is 0.493 e. The van der Waals surface area contributed by atoms with Crippen LogP contribution in [0.2, 0.25) is 0 Å². The summed E-state index contributed by atoms with van der Waals surface area (Å²) < 4.78 is 6.00. The van der Waals surface area contributed by atoms with E-state index in [0.29, 0.717) is 24.0 Å². The van der Waals surface area contributed by atoms with Crippen molar-refractivity contribution >= 4 is 11.7 Å². The van der Waals surface area contributed by atoms with Crippen LogP contribution in [-0.2, 0) is 4.79 Å². The Hall–Kier alpha value is -1.88. The molecule has 0 heterocycles. The Labute approximate surface area is 149 Å². The molecule has 0 spiro atoms. The van der Waals surface area contributed by atoms with Crippen molar-refractivity contribution in [2.45, 2.75) is 57.4 Å². The molecule has 3 rings (SSSR count). The van der Waals surface area contributed by atoms with E-state index in [1.54, 1.807) is 12.1 Å². The highest BCUT2D eigenvalue weighted by molar-refractivity contribution is 6.17. The summed E-state index contributed by atoms with van der Waals surface area (Å²) in [6.45, 7) is 4.52. The second-order valence-electron chi connectivity index (χ2n) is 8.04. The maximum Gasteiger partial charge on any atom is 0.245 e. The number of ether oxygens (including phenoxy) is 1. The lowest BCUT2D eigenvalue weighted by Gasteiger charge is -2.26. The first-order chi connectivity index (χ1) is 11.8. The zero-order chi connectivity index (χ0) is 18.2. The van der Waals surface area contributed by atoms with E-state index in [1.807, 2.05) is 19.9 Å². The van der Waals surface area contributed by atoms with Gasteiger partial charge in [-0.05, 0) is 61.5 Å². The fourth-order valence-electron chi connectivity index (χ4n) is 3.23. The van der Waals surface area contributed by atoms with Crippen LogP contribution in [0, 0.1) is 11.8 Å². The summed E-state index contributed by atoms with van der Waals surface area (Å²) >= 11 is 0. The molecule has 2 fully saturated rings. The minimum atomic E-state index is -1.68. The first-order valence-corrected chi connectivity index (χ1v) is 9.21. The lowest BCUT2D eigenvalue weighted by atomic mass is 9.82. The summed E-state index contributed by atoms with van der Waals surface area (Å²) in [4.78, 5) is 24.9. The van der Waals surface area contributed by atoms with E-state index in [0.717, 1.165) is 24.2 Å². The molecule has 0 aliphatic heterocycles. The third-order valence-corrected chi connectivity index (χ3v) is 5.04. The average Bonchev–Trinajstić information content (AvgIpc) is 3.45. The smallest absolute Gasteiger partial charge is 0.245 e. The molecule has 2 saturated carbocycles. The first-order valence-electron chi connectivity index (χ1n) is 9.21. The van der Waals surface area contributed by atoms with Gasteiger partial charge in [0.05, 0.1) is 6.61 Å². The SMILES string of the molecule is CC(C)C[C@](N)(C(N)=O)C(=O)c1ccc(C2CC2)c(OCC2CC2)c1. The topological polar surface area (TPSA) is 95.4 Å². The molecular weight excluding hydrogens is 316 g/mol. The lowest BCUT2D eigenvalue weighted by molar-refractivity contribution is -0.122. The van der Waals surface area contributed by atoms with Gasteiger partial charge in [-0.1, -0.05) is 26.0 Å². The monoisotopic (exact) mass is 344 g/mol. The average molecular weight is 344 g/mol. The van der Waals surface area contributed by atoms with Crippen LogP contribution in [0.1, 0.15) is 67.8 Å². The Balaban J connectivity index is 1.87. The number of carbonyl (C=O) groups excluding carboxylic acids is 2.